The number of hydrogen-bond acceptors (Lipinski definition) is 4. The van der Waals surface area contributed by atoms with Gasteiger partial charge in [-0.05, 0) is 13.3 Å². The Balaban J connectivity index is 2.90. The van der Waals surface area contributed by atoms with E-state index in [4.69, 9.17) is 16.7 Å². The van der Waals surface area contributed by atoms with E-state index in [1.807, 2.05) is 0 Å². The van der Waals surface area contributed by atoms with E-state index in [0.29, 0.717) is 6.42 Å². The number of carbonyl (C=O) groups excluding carboxylic acids is 1. The van der Waals surface area contributed by atoms with E-state index in [1.165, 1.54) is 4.90 Å². The zero-order chi connectivity index (χ0) is 12.4. The molecule has 16 heavy (non-hydrogen) atoms. The number of hydrogen-bond donors (Lipinski definition) is 1. The van der Waals surface area contributed by atoms with Gasteiger partial charge in [-0.15, -0.1) is 11.6 Å². The largest absolute Gasteiger partial charge is 0.395 e. The topological polar surface area (TPSA) is 74.7 Å². The molecule has 0 saturated carbocycles. The van der Waals surface area contributed by atoms with Crippen LogP contribution >= 0.6 is 11.6 Å². The van der Waals surface area contributed by atoms with Crippen molar-refractivity contribution < 1.29 is 18.3 Å². The molecule has 0 bridgehead atoms. The molecule has 1 fully saturated rings. The molecule has 0 aromatic carbocycles. The maximum Gasteiger partial charge on any atom is 0.238 e. The Morgan fingerprint density at radius 2 is 2.19 bits per heavy atom. The third-order valence-corrected chi connectivity index (χ3v) is 4.99. The minimum Gasteiger partial charge on any atom is -0.395 e. The summed E-state index contributed by atoms with van der Waals surface area (Å²) >= 11 is 5.47. The molecule has 1 unspecified atom stereocenters. The van der Waals surface area contributed by atoms with E-state index in [1.54, 1.807) is 6.92 Å². The number of amides is 1. The highest BCUT2D eigenvalue weighted by Crippen LogP contribution is 2.29. The second kappa shape index (κ2) is 4.89. The highest BCUT2D eigenvalue weighted by molar-refractivity contribution is 7.91. The Morgan fingerprint density at radius 1 is 1.56 bits per heavy atom. The molecule has 1 aliphatic rings. The molecule has 1 aliphatic heterocycles. The fourth-order valence-corrected chi connectivity index (χ4v) is 4.36. The van der Waals surface area contributed by atoms with E-state index in [-0.39, 0.29) is 36.4 Å². The summed E-state index contributed by atoms with van der Waals surface area (Å²) in [6.07, 6.45) is 0.401. The van der Waals surface area contributed by atoms with Crippen LogP contribution in [0.2, 0.25) is 0 Å². The number of carbonyl (C=O) groups is 1. The Kier molecular flexibility index (Phi) is 4.20. The smallest absolute Gasteiger partial charge is 0.238 e. The maximum absolute atomic E-state index is 11.6. The standard InChI is InChI=1S/C9H16ClNO4S/c1-9(2-5-16(14,15)7-9)11(3-4-12)8(13)6-10/h12H,2-7H2,1H3. The Labute approximate surface area is 100 Å². The molecule has 5 nitrogen and oxygen atoms in total. The molecule has 0 aromatic heterocycles. The number of alkyl halides is 1. The first-order chi connectivity index (χ1) is 7.34. The van der Waals surface area contributed by atoms with Crippen LogP contribution in [0.4, 0.5) is 0 Å². The lowest BCUT2D eigenvalue weighted by Gasteiger charge is -2.36. The summed E-state index contributed by atoms with van der Waals surface area (Å²) < 4.78 is 22.9. The highest BCUT2D eigenvalue weighted by Gasteiger charge is 2.44. The molecule has 1 amide bonds. The fourth-order valence-electron chi connectivity index (χ4n) is 2.07. The molecule has 1 heterocycles. The van der Waals surface area contributed by atoms with Gasteiger partial charge in [0.2, 0.25) is 5.91 Å². The number of halogens is 1. The van der Waals surface area contributed by atoms with Crippen LogP contribution in [0.5, 0.6) is 0 Å². The van der Waals surface area contributed by atoms with Gasteiger partial charge in [0.05, 0.1) is 23.7 Å². The van der Waals surface area contributed by atoms with Gasteiger partial charge in [-0.3, -0.25) is 4.79 Å². The first kappa shape index (κ1) is 13.7. The second-order valence-electron chi connectivity index (χ2n) is 4.24. The van der Waals surface area contributed by atoms with Crippen molar-refractivity contribution in [1.82, 2.24) is 4.90 Å². The van der Waals surface area contributed by atoms with Crippen LogP contribution in [0, 0.1) is 0 Å². The normalized spacial score (nSPS) is 27.9. The lowest BCUT2D eigenvalue weighted by Crippen LogP contribution is -2.52. The van der Waals surface area contributed by atoms with Gasteiger partial charge in [-0.2, -0.15) is 0 Å². The van der Waals surface area contributed by atoms with Crippen molar-refractivity contribution in [2.24, 2.45) is 0 Å². The quantitative estimate of drug-likeness (QED) is 0.707. The average Bonchev–Trinajstić information content (AvgIpc) is 2.49. The van der Waals surface area contributed by atoms with E-state index >= 15 is 0 Å². The molecular formula is C9H16ClNO4S. The minimum absolute atomic E-state index is 0.0529. The zero-order valence-electron chi connectivity index (χ0n) is 9.15. The SMILES string of the molecule is CC1(N(CCO)C(=O)CCl)CCS(=O)(=O)C1. The predicted octanol–water partition coefficient (Wildman–Crippen LogP) is -0.377. The van der Waals surface area contributed by atoms with Crippen molar-refractivity contribution in [2.75, 3.05) is 30.5 Å². The van der Waals surface area contributed by atoms with E-state index < -0.39 is 15.4 Å². The highest BCUT2D eigenvalue weighted by atomic mass is 35.5. The van der Waals surface area contributed by atoms with Crippen molar-refractivity contribution in [3.05, 3.63) is 0 Å². The van der Waals surface area contributed by atoms with Crippen molar-refractivity contribution in [3.8, 4) is 0 Å². The van der Waals surface area contributed by atoms with Crippen LogP contribution in [-0.4, -0.2) is 60.4 Å². The third kappa shape index (κ3) is 2.87. The molecule has 0 spiro atoms. The lowest BCUT2D eigenvalue weighted by atomic mass is 9.99. The monoisotopic (exact) mass is 269 g/mol. The fraction of sp³-hybridized carbons (Fsp3) is 0.889. The number of aliphatic hydroxyl groups excluding tert-OH is 1. The van der Waals surface area contributed by atoms with Gasteiger partial charge in [0.15, 0.2) is 9.84 Å². The van der Waals surface area contributed by atoms with Crippen molar-refractivity contribution in [3.63, 3.8) is 0 Å². The summed E-state index contributed by atoms with van der Waals surface area (Å²) in [4.78, 5) is 13.0. The van der Waals surface area contributed by atoms with Gasteiger partial charge in [-0.25, -0.2) is 8.42 Å². The second-order valence-corrected chi connectivity index (χ2v) is 6.69. The van der Waals surface area contributed by atoms with Crippen molar-refractivity contribution in [2.45, 2.75) is 18.9 Å². The van der Waals surface area contributed by atoms with Gasteiger partial charge in [0.25, 0.3) is 0 Å². The Morgan fingerprint density at radius 3 is 2.56 bits per heavy atom. The Hall–Kier alpha value is -0.330. The molecule has 94 valence electrons. The summed E-state index contributed by atoms with van der Waals surface area (Å²) in [5, 5.41) is 8.90. The van der Waals surface area contributed by atoms with E-state index in [0.717, 1.165) is 0 Å². The predicted molar refractivity (Wildman–Crippen MR) is 61.2 cm³/mol. The van der Waals surface area contributed by atoms with Crippen LogP contribution in [0.15, 0.2) is 0 Å². The molecule has 1 rings (SSSR count). The molecular weight excluding hydrogens is 254 g/mol. The van der Waals surface area contributed by atoms with Crippen LogP contribution in [-0.2, 0) is 14.6 Å². The molecule has 0 aromatic rings. The molecule has 1 atom stereocenters. The van der Waals surface area contributed by atoms with Crippen LogP contribution in [0.25, 0.3) is 0 Å². The average molecular weight is 270 g/mol. The van der Waals surface area contributed by atoms with Crippen LogP contribution in [0.3, 0.4) is 0 Å². The number of aliphatic hydroxyl groups is 1. The van der Waals surface area contributed by atoms with Gasteiger partial charge < -0.3 is 10.0 Å². The van der Waals surface area contributed by atoms with Crippen LogP contribution < -0.4 is 0 Å². The molecule has 7 heteroatoms. The molecule has 1 saturated heterocycles. The van der Waals surface area contributed by atoms with Crippen molar-refractivity contribution >= 4 is 27.3 Å². The van der Waals surface area contributed by atoms with Crippen molar-refractivity contribution in [1.29, 1.82) is 0 Å². The summed E-state index contributed by atoms with van der Waals surface area (Å²) in [6.45, 7) is 1.65. The van der Waals surface area contributed by atoms with Gasteiger partial charge in [0, 0.05) is 6.54 Å². The Bertz CT molecular complexity index is 370. The summed E-state index contributed by atoms with van der Waals surface area (Å²) in [5.41, 5.74) is -0.729. The molecule has 0 radical (unpaired) electrons. The summed E-state index contributed by atoms with van der Waals surface area (Å²) in [5.74, 6) is -0.505. The summed E-state index contributed by atoms with van der Waals surface area (Å²) in [7, 11) is -3.08. The summed E-state index contributed by atoms with van der Waals surface area (Å²) in [6, 6.07) is 0. The minimum atomic E-state index is -3.08. The maximum atomic E-state index is 11.6. The van der Waals surface area contributed by atoms with E-state index in [9.17, 15) is 13.2 Å². The first-order valence-electron chi connectivity index (χ1n) is 5.02. The van der Waals surface area contributed by atoms with Gasteiger partial charge >= 0.3 is 0 Å². The zero-order valence-corrected chi connectivity index (χ0v) is 10.7. The molecule has 1 N–H and O–H groups in total. The number of β-amino-alcohol motifs (C(OH)–C–C–N with tert-alkyl or cyclic N) is 1. The molecule has 0 aliphatic carbocycles. The third-order valence-electron chi connectivity index (χ3n) is 2.87. The first-order valence-corrected chi connectivity index (χ1v) is 7.38. The van der Waals surface area contributed by atoms with Crippen LogP contribution in [0.1, 0.15) is 13.3 Å². The van der Waals surface area contributed by atoms with Gasteiger partial charge in [-0.1, -0.05) is 0 Å². The number of sulfone groups is 1. The number of rotatable bonds is 4. The number of nitrogens with zero attached hydrogens (tertiary/aromatic N) is 1. The van der Waals surface area contributed by atoms with Gasteiger partial charge in [0.1, 0.15) is 5.88 Å². The lowest BCUT2D eigenvalue weighted by molar-refractivity contribution is -0.134. The van der Waals surface area contributed by atoms with E-state index in [2.05, 4.69) is 0 Å².